The van der Waals surface area contributed by atoms with E-state index in [2.05, 4.69) is 36.5 Å². The Balaban J connectivity index is 1.87. The zero-order chi connectivity index (χ0) is 13.5. The van der Waals surface area contributed by atoms with Crippen LogP contribution in [0.5, 0.6) is 0 Å². The van der Waals surface area contributed by atoms with Gasteiger partial charge in [0.1, 0.15) is 0 Å². The van der Waals surface area contributed by atoms with Gasteiger partial charge in [-0.25, -0.2) is 0 Å². The maximum atomic E-state index is 5.52. The molecule has 1 fully saturated rings. The van der Waals surface area contributed by atoms with Crippen molar-refractivity contribution in [3.8, 4) is 0 Å². The molecule has 0 bridgehead atoms. The summed E-state index contributed by atoms with van der Waals surface area (Å²) < 4.78 is 11.0. The molecule has 2 rings (SSSR count). The lowest BCUT2D eigenvalue weighted by Gasteiger charge is -2.20. The first-order valence-electron chi connectivity index (χ1n) is 7.27. The van der Waals surface area contributed by atoms with Crippen LogP contribution >= 0.6 is 0 Å². The molecule has 1 aliphatic heterocycles. The highest BCUT2D eigenvalue weighted by Crippen LogP contribution is 2.17. The second-order valence-electron chi connectivity index (χ2n) is 5.20. The largest absolute Gasteiger partial charge is 0.381 e. The van der Waals surface area contributed by atoms with Crippen molar-refractivity contribution < 1.29 is 9.47 Å². The van der Waals surface area contributed by atoms with E-state index in [1.807, 2.05) is 6.92 Å². The standard InChI is InChI=1S/C16H25NO2/c1-3-18-12-16-7-5-4-6-14(16)10-17-13(2)15-8-9-19-11-15/h4-7,13,15,17H,3,8-12H2,1-2H3. The van der Waals surface area contributed by atoms with Crippen LogP contribution in [0.3, 0.4) is 0 Å². The molecule has 1 aromatic carbocycles. The highest BCUT2D eigenvalue weighted by atomic mass is 16.5. The van der Waals surface area contributed by atoms with Crippen LogP contribution in [0.1, 0.15) is 31.4 Å². The third-order valence-corrected chi connectivity index (χ3v) is 3.87. The monoisotopic (exact) mass is 263 g/mol. The second kappa shape index (κ2) is 7.63. The van der Waals surface area contributed by atoms with Crippen LogP contribution in [0.15, 0.2) is 24.3 Å². The average molecular weight is 263 g/mol. The van der Waals surface area contributed by atoms with E-state index < -0.39 is 0 Å². The minimum atomic E-state index is 0.502. The summed E-state index contributed by atoms with van der Waals surface area (Å²) in [4.78, 5) is 0. The Kier molecular flexibility index (Phi) is 5.83. The fourth-order valence-corrected chi connectivity index (χ4v) is 2.47. The van der Waals surface area contributed by atoms with Crippen molar-refractivity contribution in [3.05, 3.63) is 35.4 Å². The van der Waals surface area contributed by atoms with Crippen LogP contribution < -0.4 is 5.32 Å². The Morgan fingerprint density at radius 2 is 2.16 bits per heavy atom. The first-order chi connectivity index (χ1) is 9.31. The first kappa shape index (κ1) is 14.5. The molecule has 1 heterocycles. The van der Waals surface area contributed by atoms with E-state index in [0.29, 0.717) is 18.6 Å². The molecule has 106 valence electrons. The molecule has 1 N–H and O–H groups in total. The van der Waals surface area contributed by atoms with Gasteiger partial charge in [0, 0.05) is 25.8 Å². The maximum absolute atomic E-state index is 5.52. The molecule has 0 spiro atoms. The van der Waals surface area contributed by atoms with Crippen LogP contribution in [0.2, 0.25) is 0 Å². The van der Waals surface area contributed by atoms with Crippen LogP contribution in [0.25, 0.3) is 0 Å². The Morgan fingerprint density at radius 3 is 2.84 bits per heavy atom. The SMILES string of the molecule is CCOCc1ccccc1CNC(C)C1CCOC1. The van der Waals surface area contributed by atoms with E-state index in [4.69, 9.17) is 9.47 Å². The van der Waals surface area contributed by atoms with Crippen molar-refractivity contribution in [2.75, 3.05) is 19.8 Å². The maximum Gasteiger partial charge on any atom is 0.0719 e. The third-order valence-electron chi connectivity index (χ3n) is 3.87. The molecule has 2 atom stereocenters. The predicted molar refractivity (Wildman–Crippen MR) is 77.0 cm³/mol. The van der Waals surface area contributed by atoms with Crippen LogP contribution in [-0.2, 0) is 22.6 Å². The van der Waals surface area contributed by atoms with Gasteiger partial charge >= 0.3 is 0 Å². The number of benzene rings is 1. The number of ether oxygens (including phenoxy) is 2. The van der Waals surface area contributed by atoms with Gasteiger partial charge in [-0.1, -0.05) is 24.3 Å². The van der Waals surface area contributed by atoms with Crippen molar-refractivity contribution in [1.29, 1.82) is 0 Å². The van der Waals surface area contributed by atoms with Gasteiger partial charge in [-0.3, -0.25) is 0 Å². The zero-order valence-corrected chi connectivity index (χ0v) is 12.0. The van der Waals surface area contributed by atoms with Gasteiger partial charge in [-0.2, -0.15) is 0 Å². The molecule has 3 heteroatoms. The molecule has 0 aliphatic carbocycles. The van der Waals surface area contributed by atoms with E-state index in [-0.39, 0.29) is 0 Å². The Bertz CT molecular complexity index is 375. The van der Waals surface area contributed by atoms with Gasteiger partial charge < -0.3 is 14.8 Å². The Morgan fingerprint density at radius 1 is 1.37 bits per heavy atom. The summed E-state index contributed by atoms with van der Waals surface area (Å²) in [7, 11) is 0. The summed E-state index contributed by atoms with van der Waals surface area (Å²) in [5, 5.41) is 3.62. The van der Waals surface area contributed by atoms with Gasteiger partial charge in [0.15, 0.2) is 0 Å². The molecule has 0 radical (unpaired) electrons. The summed E-state index contributed by atoms with van der Waals surface area (Å²) in [6.45, 7) is 8.47. The number of nitrogens with one attached hydrogen (secondary N) is 1. The van der Waals surface area contributed by atoms with Crippen LogP contribution in [0, 0.1) is 5.92 Å². The molecular weight excluding hydrogens is 238 g/mol. The van der Waals surface area contributed by atoms with Crippen molar-refractivity contribution in [2.24, 2.45) is 5.92 Å². The van der Waals surface area contributed by atoms with Gasteiger partial charge in [-0.05, 0) is 37.3 Å². The summed E-state index contributed by atoms with van der Waals surface area (Å²) in [6.07, 6.45) is 1.18. The smallest absolute Gasteiger partial charge is 0.0719 e. The predicted octanol–water partition coefficient (Wildman–Crippen LogP) is 2.74. The molecule has 3 nitrogen and oxygen atoms in total. The van der Waals surface area contributed by atoms with E-state index in [1.165, 1.54) is 17.5 Å². The fraction of sp³-hybridized carbons (Fsp3) is 0.625. The Hall–Kier alpha value is -0.900. The molecule has 0 saturated carbocycles. The molecule has 1 saturated heterocycles. The quantitative estimate of drug-likeness (QED) is 0.820. The van der Waals surface area contributed by atoms with Gasteiger partial charge in [-0.15, -0.1) is 0 Å². The highest BCUT2D eigenvalue weighted by molar-refractivity contribution is 5.26. The fourth-order valence-electron chi connectivity index (χ4n) is 2.47. The van der Waals surface area contributed by atoms with E-state index >= 15 is 0 Å². The molecule has 1 aliphatic rings. The molecule has 2 unspecified atom stereocenters. The summed E-state index contributed by atoms with van der Waals surface area (Å²) in [5.74, 6) is 0.652. The lowest BCUT2D eigenvalue weighted by Crippen LogP contribution is -2.33. The van der Waals surface area contributed by atoms with E-state index in [1.54, 1.807) is 0 Å². The molecule has 0 amide bonds. The highest BCUT2D eigenvalue weighted by Gasteiger charge is 2.21. The minimum Gasteiger partial charge on any atom is -0.381 e. The normalized spacial score (nSPS) is 20.6. The number of hydrogen-bond donors (Lipinski definition) is 1. The number of rotatable bonds is 7. The lowest BCUT2D eigenvalue weighted by molar-refractivity contribution is 0.133. The van der Waals surface area contributed by atoms with Gasteiger partial charge in [0.2, 0.25) is 0 Å². The van der Waals surface area contributed by atoms with Crippen LogP contribution in [-0.4, -0.2) is 25.9 Å². The average Bonchev–Trinajstić information content (AvgIpc) is 2.97. The Labute approximate surface area is 116 Å². The second-order valence-corrected chi connectivity index (χ2v) is 5.20. The molecule has 0 aromatic heterocycles. The van der Waals surface area contributed by atoms with E-state index in [9.17, 15) is 0 Å². The summed E-state index contributed by atoms with van der Waals surface area (Å²) in [5.41, 5.74) is 2.62. The lowest BCUT2D eigenvalue weighted by atomic mass is 10.00. The molecule has 19 heavy (non-hydrogen) atoms. The van der Waals surface area contributed by atoms with Crippen molar-refractivity contribution in [1.82, 2.24) is 5.32 Å². The van der Waals surface area contributed by atoms with Gasteiger partial charge in [0.25, 0.3) is 0 Å². The van der Waals surface area contributed by atoms with E-state index in [0.717, 1.165) is 26.4 Å². The summed E-state index contributed by atoms with van der Waals surface area (Å²) in [6, 6.07) is 9.00. The zero-order valence-electron chi connectivity index (χ0n) is 12.0. The first-order valence-corrected chi connectivity index (χ1v) is 7.27. The van der Waals surface area contributed by atoms with Gasteiger partial charge in [0.05, 0.1) is 13.2 Å². The molecule has 1 aromatic rings. The van der Waals surface area contributed by atoms with Crippen LogP contribution in [0.4, 0.5) is 0 Å². The number of hydrogen-bond acceptors (Lipinski definition) is 3. The third kappa shape index (κ3) is 4.30. The van der Waals surface area contributed by atoms with Crippen molar-refractivity contribution in [3.63, 3.8) is 0 Å². The summed E-state index contributed by atoms with van der Waals surface area (Å²) >= 11 is 0. The molecular formula is C16H25NO2. The van der Waals surface area contributed by atoms with Crippen molar-refractivity contribution in [2.45, 2.75) is 39.5 Å². The minimum absolute atomic E-state index is 0.502. The van der Waals surface area contributed by atoms with Crippen molar-refractivity contribution >= 4 is 0 Å². The topological polar surface area (TPSA) is 30.5 Å².